The third-order valence-corrected chi connectivity index (χ3v) is 5.34. The van der Waals surface area contributed by atoms with E-state index < -0.39 is 15.7 Å². The molecule has 0 bridgehead atoms. The van der Waals surface area contributed by atoms with Gasteiger partial charge in [0.05, 0.1) is 17.5 Å². The third kappa shape index (κ3) is 2.83. The van der Waals surface area contributed by atoms with Crippen LogP contribution < -0.4 is 10.6 Å². The molecule has 3 heterocycles. The number of hydrogen-bond acceptors (Lipinski definition) is 7. The molecular formula is C11H16N4O4S. The number of nitrogens with zero attached hydrogens (tertiary/aromatic N) is 2. The van der Waals surface area contributed by atoms with Crippen molar-refractivity contribution in [3.05, 3.63) is 11.7 Å². The Kier molecular flexibility index (Phi) is 3.47. The standard InChI is InChI=1S/C11H16N4O4S/c16-10(13-7-3-5-20(17,18)6-7)9-14-11(19-15-9)8-2-1-4-12-8/h7-8,12H,1-6H2,(H,13,16). The van der Waals surface area contributed by atoms with E-state index in [0.717, 1.165) is 19.4 Å². The maximum atomic E-state index is 11.9. The molecule has 1 aromatic heterocycles. The number of amides is 1. The van der Waals surface area contributed by atoms with Gasteiger partial charge in [0, 0.05) is 6.04 Å². The van der Waals surface area contributed by atoms with Crippen LogP contribution in [-0.4, -0.2) is 48.6 Å². The summed E-state index contributed by atoms with van der Waals surface area (Å²) in [5.41, 5.74) is 0. The van der Waals surface area contributed by atoms with Crippen molar-refractivity contribution < 1.29 is 17.7 Å². The predicted octanol–water partition coefficient (Wildman–Crippen LogP) is -0.589. The lowest BCUT2D eigenvalue weighted by molar-refractivity contribution is 0.0927. The number of rotatable bonds is 3. The number of carbonyl (C=O) groups excluding carboxylic acids is 1. The molecule has 0 radical (unpaired) electrons. The lowest BCUT2D eigenvalue weighted by Gasteiger charge is -2.07. The lowest BCUT2D eigenvalue weighted by atomic mass is 10.2. The highest BCUT2D eigenvalue weighted by Gasteiger charge is 2.31. The fraction of sp³-hybridized carbons (Fsp3) is 0.727. The third-order valence-electron chi connectivity index (χ3n) is 3.57. The van der Waals surface area contributed by atoms with Crippen LogP contribution in [0.2, 0.25) is 0 Å². The van der Waals surface area contributed by atoms with E-state index in [1.54, 1.807) is 0 Å². The van der Waals surface area contributed by atoms with Crippen LogP contribution in [0.1, 0.15) is 41.8 Å². The highest BCUT2D eigenvalue weighted by molar-refractivity contribution is 7.91. The quantitative estimate of drug-likeness (QED) is 0.767. The maximum Gasteiger partial charge on any atom is 0.292 e. The van der Waals surface area contributed by atoms with Crippen molar-refractivity contribution in [2.24, 2.45) is 0 Å². The number of hydrogen-bond donors (Lipinski definition) is 2. The van der Waals surface area contributed by atoms with Crippen molar-refractivity contribution in [2.75, 3.05) is 18.1 Å². The highest BCUT2D eigenvalue weighted by Crippen LogP contribution is 2.21. The summed E-state index contributed by atoms with van der Waals surface area (Å²) in [4.78, 5) is 16.0. The number of aromatic nitrogens is 2. The zero-order chi connectivity index (χ0) is 14.2. The molecule has 1 amide bonds. The van der Waals surface area contributed by atoms with E-state index in [2.05, 4.69) is 20.8 Å². The van der Waals surface area contributed by atoms with Gasteiger partial charge in [-0.15, -0.1) is 0 Å². The fourth-order valence-electron chi connectivity index (χ4n) is 2.52. The Labute approximate surface area is 116 Å². The molecule has 2 N–H and O–H groups in total. The van der Waals surface area contributed by atoms with Gasteiger partial charge in [-0.2, -0.15) is 4.98 Å². The average molecular weight is 300 g/mol. The molecule has 1 aromatic rings. The highest BCUT2D eigenvalue weighted by atomic mass is 32.2. The summed E-state index contributed by atoms with van der Waals surface area (Å²) in [6, 6.07) is -0.352. The summed E-state index contributed by atoms with van der Waals surface area (Å²) in [6.45, 7) is 0.897. The summed E-state index contributed by atoms with van der Waals surface area (Å²) in [7, 11) is -3.02. The summed E-state index contributed by atoms with van der Waals surface area (Å²) in [5.74, 6) is -0.0282. The first kappa shape index (κ1) is 13.5. The van der Waals surface area contributed by atoms with Gasteiger partial charge in [0.1, 0.15) is 0 Å². The topological polar surface area (TPSA) is 114 Å². The van der Waals surface area contributed by atoms with E-state index in [-0.39, 0.29) is 29.4 Å². The molecule has 20 heavy (non-hydrogen) atoms. The molecular weight excluding hydrogens is 284 g/mol. The first-order valence-corrected chi connectivity index (χ1v) is 8.44. The minimum Gasteiger partial charge on any atom is -0.345 e. The second kappa shape index (κ2) is 5.13. The first-order chi connectivity index (χ1) is 9.53. The van der Waals surface area contributed by atoms with Gasteiger partial charge in [-0.25, -0.2) is 8.42 Å². The van der Waals surface area contributed by atoms with Crippen molar-refractivity contribution in [3.63, 3.8) is 0 Å². The molecule has 0 spiro atoms. The van der Waals surface area contributed by atoms with Crippen LogP contribution in [-0.2, 0) is 9.84 Å². The second-order valence-electron chi connectivity index (χ2n) is 5.18. The SMILES string of the molecule is O=C(NC1CCS(=O)(=O)C1)c1noc(C2CCCN2)n1. The molecule has 3 rings (SSSR count). The van der Waals surface area contributed by atoms with E-state index in [1.165, 1.54) is 0 Å². The lowest BCUT2D eigenvalue weighted by Crippen LogP contribution is -2.36. The van der Waals surface area contributed by atoms with Gasteiger partial charge < -0.3 is 15.2 Å². The second-order valence-corrected chi connectivity index (χ2v) is 7.41. The van der Waals surface area contributed by atoms with E-state index in [1.807, 2.05) is 0 Å². The van der Waals surface area contributed by atoms with Gasteiger partial charge in [0.15, 0.2) is 9.84 Å². The van der Waals surface area contributed by atoms with Crippen molar-refractivity contribution in [1.29, 1.82) is 0 Å². The van der Waals surface area contributed by atoms with Gasteiger partial charge in [-0.3, -0.25) is 4.79 Å². The molecule has 2 atom stereocenters. The maximum absolute atomic E-state index is 11.9. The zero-order valence-electron chi connectivity index (χ0n) is 10.8. The van der Waals surface area contributed by atoms with Gasteiger partial charge >= 0.3 is 0 Å². The van der Waals surface area contributed by atoms with Gasteiger partial charge in [0.25, 0.3) is 11.7 Å². The zero-order valence-corrected chi connectivity index (χ0v) is 11.6. The smallest absolute Gasteiger partial charge is 0.292 e. The first-order valence-electron chi connectivity index (χ1n) is 6.62. The van der Waals surface area contributed by atoms with Crippen LogP contribution >= 0.6 is 0 Å². The normalized spacial score (nSPS) is 28.6. The van der Waals surface area contributed by atoms with Crippen molar-refractivity contribution in [2.45, 2.75) is 31.3 Å². The monoisotopic (exact) mass is 300 g/mol. The molecule has 0 aliphatic carbocycles. The minimum absolute atomic E-state index is 0.0101. The molecule has 2 aliphatic heterocycles. The van der Waals surface area contributed by atoms with Crippen LogP contribution in [0, 0.1) is 0 Å². The molecule has 2 aliphatic rings. The molecule has 2 fully saturated rings. The Morgan fingerprint density at radius 1 is 1.40 bits per heavy atom. The summed E-state index contributed by atoms with van der Waals surface area (Å²) >= 11 is 0. The van der Waals surface area contributed by atoms with E-state index in [9.17, 15) is 13.2 Å². The fourth-order valence-corrected chi connectivity index (χ4v) is 4.20. The van der Waals surface area contributed by atoms with Crippen LogP contribution in [0.5, 0.6) is 0 Å². The molecule has 110 valence electrons. The van der Waals surface area contributed by atoms with Crippen LogP contribution in [0.15, 0.2) is 4.52 Å². The Hall–Kier alpha value is -1.48. The minimum atomic E-state index is -3.02. The van der Waals surface area contributed by atoms with Gasteiger partial charge in [0.2, 0.25) is 5.89 Å². The Morgan fingerprint density at radius 2 is 2.25 bits per heavy atom. The Balaban J connectivity index is 1.63. The summed E-state index contributed by atoms with van der Waals surface area (Å²) in [6.07, 6.45) is 2.38. The van der Waals surface area contributed by atoms with Gasteiger partial charge in [-0.1, -0.05) is 5.16 Å². The Morgan fingerprint density at radius 3 is 2.90 bits per heavy atom. The molecule has 0 saturated carbocycles. The Bertz CT molecular complexity index is 606. The average Bonchev–Trinajstić information content (AvgIpc) is 3.08. The van der Waals surface area contributed by atoms with Crippen molar-refractivity contribution in [1.82, 2.24) is 20.8 Å². The van der Waals surface area contributed by atoms with Crippen molar-refractivity contribution in [3.8, 4) is 0 Å². The predicted molar refractivity (Wildman–Crippen MR) is 68.8 cm³/mol. The molecule has 0 aromatic carbocycles. The largest absolute Gasteiger partial charge is 0.345 e. The summed E-state index contributed by atoms with van der Waals surface area (Å²) < 4.78 is 27.7. The summed E-state index contributed by atoms with van der Waals surface area (Å²) in [5, 5.41) is 9.48. The molecule has 8 nitrogen and oxygen atoms in total. The van der Waals surface area contributed by atoms with Gasteiger partial charge in [-0.05, 0) is 25.8 Å². The van der Waals surface area contributed by atoms with E-state index >= 15 is 0 Å². The number of nitrogens with one attached hydrogen (secondary N) is 2. The number of carbonyl (C=O) groups is 1. The van der Waals surface area contributed by atoms with E-state index in [4.69, 9.17) is 4.52 Å². The van der Waals surface area contributed by atoms with Crippen LogP contribution in [0.3, 0.4) is 0 Å². The van der Waals surface area contributed by atoms with Crippen LogP contribution in [0.25, 0.3) is 0 Å². The van der Waals surface area contributed by atoms with E-state index in [0.29, 0.717) is 12.3 Å². The molecule has 2 saturated heterocycles. The molecule has 9 heteroatoms. The van der Waals surface area contributed by atoms with Crippen LogP contribution in [0.4, 0.5) is 0 Å². The molecule has 2 unspecified atom stereocenters. The number of sulfone groups is 1. The van der Waals surface area contributed by atoms with Crippen molar-refractivity contribution >= 4 is 15.7 Å².